The van der Waals surface area contributed by atoms with Crippen molar-refractivity contribution < 1.29 is 14.3 Å². The van der Waals surface area contributed by atoms with Crippen LogP contribution in [0.1, 0.15) is 41.7 Å². The fraction of sp³-hybridized carbons (Fsp3) is 0.421. The summed E-state index contributed by atoms with van der Waals surface area (Å²) in [4.78, 5) is 24.5. The van der Waals surface area contributed by atoms with Crippen molar-refractivity contribution in [1.29, 1.82) is 0 Å². The largest absolute Gasteiger partial charge is 0.497 e. The standard InChI is InChI=1S/C19H25N5O3/c1-27-15-4-2-3-12(9-15)11-21-18(25)13-5-7-14(8-6-13)22-19(26)16-10-17(20)24-23-16/h2-4,9-10,13-14H,5-8,11H2,1H3,(H,21,25)(H,22,26)(H3,20,23,24). The minimum absolute atomic E-state index is 0.0217. The van der Waals surface area contributed by atoms with Crippen molar-refractivity contribution >= 4 is 17.6 Å². The second kappa shape index (κ2) is 8.57. The summed E-state index contributed by atoms with van der Waals surface area (Å²) in [5.74, 6) is 0.884. The van der Waals surface area contributed by atoms with Gasteiger partial charge in [0.25, 0.3) is 5.91 Å². The van der Waals surface area contributed by atoms with Crippen molar-refractivity contribution in [2.45, 2.75) is 38.3 Å². The number of H-pyrrole nitrogens is 1. The number of hydrogen-bond donors (Lipinski definition) is 4. The predicted octanol–water partition coefficient (Wildman–Crippen LogP) is 1.61. The molecule has 5 N–H and O–H groups in total. The van der Waals surface area contributed by atoms with E-state index in [9.17, 15) is 9.59 Å². The third kappa shape index (κ3) is 4.99. The Bertz CT molecular complexity index is 796. The van der Waals surface area contributed by atoms with Gasteiger partial charge in [0.1, 0.15) is 17.3 Å². The molecule has 2 amide bonds. The monoisotopic (exact) mass is 371 g/mol. The number of ether oxygens (including phenoxy) is 1. The van der Waals surface area contributed by atoms with Crippen molar-refractivity contribution in [3.05, 3.63) is 41.6 Å². The first-order chi connectivity index (χ1) is 13.0. The quantitative estimate of drug-likeness (QED) is 0.614. The molecule has 1 heterocycles. The van der Waals surface area contributed by atoms with Crippen molar-refractivity contribution in [1.82, 2.24) is 20.8 Å². The number of rotatable bonds is 6. The van der Waals surface area contributed by atoms with Crippen LogP contribution in [0, 0.1) is 5.92 Å². The lowest BCUT2D eigenvalue weighted by Crippen LogP contribution is -2.40. The summed E-state index contributed by atoms with van der Waals surface area (Å²) in [6.45, 7) is 0.480. The molecule has 0 bridgehead atoms. The summed E-state index contributed by atoms with van der Waals surface area (Å²) in [6.07, 6.45) is 3.04. The molecule has 27 heavy (non-hydrogen) atoms. The van der Waals surface area contributed by atoms with Crippen LogP contribution < -0.4 is 21.1 Å². The summed E-state index contributed by atoms with van der Waals surface area (Å²) in [5, 5.41) is 12.3. The lowest BCUT2D eigenvalue weighted by atomic mass is 9.85. The van der Waals surface area contributed by atoms with E-state index in [0.717, 1.165) is 37.0 Å². The van der Waals surface area contributed by atoms with Gasteiger partial charge in [0.05, 0.1) is 7.11 Å². The summed E-state index contributed by atoms with van der Waals surface area (Å²) in [6, 6.07) is 9.21. The first-order valence-corrected chi connectivity index (χ1v) is 9.07. The Morgan fingerprint density at radius 2 is 2.04 bits per heavy atom. The van der Waals surface area contributed by atoms with Gasteiger partial charge in [-0.25, -0.2) is 0 Å². The molecule has 0 atom stereocenters. The molecule has 1 aromatic heterocycles. The number of nitrogens with one attached hydrogen (secondary N) is 3. The summed E-state index contributed by atoms with van der Waals surface area (Å²) >= 11 is 0. The molecule has 1 aliphatic rings. The van der Waals surface area contributed by atoms with Gasteiger partial charge < -0.3 is 21.1 Å². The highest BCUT2D eigenvalue weighted by Gasteiger charge is 2.27. The minimum atomic E-state index is -0.217. The molecule has 1 aliphatic carbocycles. The highest BCUT2D eigenvalue weighted by molar-refractivity contribution is 5.93. The van der Waals surface area contributed by atoms with Gasteiger partial charge in [-0.1, -0.05) is 12.1 Å². The number of nitrogen functional groups attached to an aromatic ring is 1. The molecule has 2 aromatic rings. The van der Waals surface area contributed by atoms with Crippen LogP contribution in [-0.4, -0.2) is 35.2 Å². The molecule has 0 radical (unpaired) electrons. The van der Waals surface area contributed by atoms with Crippen LogP contribution in [0.3, 0.4) is 0 Å². The average Bonchev–Trinajstić information content (AvgIpc) is 3.13. The number of hydrogen-bond acceptors (Lipinski definition) is 5. The van der Waals surface area contributed by atoms with Gasteiger partial charge >= 0.3 is 0 Å². The normalized spacial score (nSPS) is 19.3. The lowest BCUT2D eigenvalue weighted by molar-refractivity contribution is -0.126. The summed E-state index contributed by atoms with van der Waals surface area (Å²) in [7, 11) is 1.62. The Hall–Kier alpha value is -3.03. The van der Waals surface area contributed by atoms with E-state index < -0.39 is 0 Å². The van der Waals surface area contributed by atoms with Crippen LogP contribution in [0.4, 0.5) is 5.82 Å². The van der Waals surface area contributed by atoms with E-state index in [1.54, 1.807) is 7.11 Å². The Balaban J connectivity index is 1.43. The van der Waals surface area contributed by atoms with Gasteiger partial charge in [-0.05, 0) is 43.4 Å². The first kappa shape index (κ1) is 18.8. The number of nitrogens with two attached hydrogens (primary N) is 1. The molecule has 1 aromatic carbocycles. The maximum atomic E-state index is 12.4. The number of aromatic nitrogens is 2. The molecule has 0 aliphatic heterocycles. The zero-order valence-electron chi connectivity index (χ0n) is 15.3. The van der Waals surface area contributed by atoms with Crippen LogP contribution in [-0.2, 0) is 11.3 Å². The van der Waals surface area contributed by atoms with Crippen LogP contribution in [0.5, 0.6) is 5.75 Å². The van der Waals surface area contributed by atoms with E-state index in [1.807, 2.05) is 24.3 Å². The number of aromatic amines is 1. The van der Waals surface area contributed by atoms with Gasteiger partial charge in [-0.3, -0.25) is 14.7 Å². The number of methoxy groups -OCH3 is 1. The highest BCUT2D eigenvalue weighted by atomic mass is 16.5. The molecule has 1 saturated carbocycles. The number of benzene rings is 1. The van der Waals surface area contributed by atoms with E-state index in [0.29, 0.717) is 12.2 Å². The third-order valence-corrected chi connectivity index (χ3v) is 4.88. The molecule has 8 heteroatoms. The third-order valence-electron chi connectivity index (χ3n) is 4.88. The molecule has 0 spiro atoms. The fourth-order valence-electron chi connectivity index (χ4n) is 3.33. The molecule has 3 rings (SSSR count). The number of amides is 2. The van der Waals surface area contributed by atoms with Crippen molar-refractivity contribution in [2.75, 3.05) is 12.8 Å². The lowest BCUT2D eigenvalue weighted by Gasteiger charge is -2.28. The van der Waals surface area contributed by atoms with E-state index in [4.69, 9.17) is 10.5 Å². The number of nitrogens with zero attached hydrogens (tertiary/aromatic N) is 1. The van der Waals surface area contributed by atoms with Crippen molar-refractivity contribution in [3.8, 4) is 5.75 Å². The highest BCUT2D eigenvalue weighted by Crippen LogP contribution is 2.25. The second-order valence-electron chi connectivity index (χ2n) is 6.80. The van der Waals surface area contributed by atoms with Gasteiger partial charge in [-0.2, -0.15) is 5.10 Å². The zero-order chi connectivity index (χ0) is 19.2. The molecule has 0 unspecified atom stereocenters. The molecular weight excluding hydrogens is 346 g/mol. The maximum Gasteiger partial charge on any atom is 0.269 e. The van der Waals surface area contributed by atoms with Crippen LogP contribution in [0.25, 0.3) is 0 Å². The zero-order valence-corrected chi connectivity index (χ0v) is 15.3. The Morgan fingerprint density at radius 1 is 1.26 bits per heavy atom. The first-order valence-electron chi connectivity index (χ1n) is 9.07. The minimum Gasteiger partial charge on any atom is -0.497 e. The summed E-state index contributed by atoms with van der Waals surface area (Å²) in [5.41, 5.74) is 6.87. The van der Waals surface area contributed by atoms with Crippen LogP contribution >= 0.6 is 0 Å². The van der Waals surface area contributed by atoms with Gasteiger partial charge in [-0.15, -0.1) is 0 Å². The molecule has 1 fully saturated rings. The van der Waals surface area contributed by atoms with E-state index in [2.05, 4.69) is 20.8 Å². The topological polar surface area (TPSA) is 122 Å². The van der Waals surface area contributed by atoms with Gasteiger partial charge in [0.2, 0.25) is 5.91 Å². The number of anilines is 1. The van der Waals surface area contributed by atoms with Crippen LogP contribution in [0.2, 0.25) is 0 Å². The van der Waals surface area contributed by atoms with E-state index in [1.165, 1.54) is 6.07 Å². The fourth-order valence-corrected chi connectivity index (χ4v) is 3.33. The molecular formula is C19H25N5O3. The summed E-state index contributed by atoms with van der Waals surface area (Å²) < 4.78 is 5.19. The van der Waals surface area contributed by atoms with E-state index >= 15 is 0 Å². The van der Waals surface area contributed by atoms with Crippen molar-refractivity contribution in [2.24, 2.45) is 5.92 Å². The Labute approximate surface area is 157 Å². The number of carbonyl (C=O) groups is 2. The van der Waals surface area contributed by atoms with Gasteiger partial charge in [0, 0.05) is 24.6 Å². The Kier molecular flexibility index (Phi) is 5.95. The van der Waals surface area contributed by atoms with Gasteiger partial charge in [0.15, 0.2) is 0 Å². The molecule has 8 nitrogen and oxygen atoms in total. The predicted molar refractivity (Wildman–Crippen MR) is 101 cm³/mol. The van der Waals surface area contributed by atoms with E-state index in [-0.39, 0.29) is 29.6 Å². The number of carbonyl (C=O) groups excluding carboxylic acids is 2. The molecule has 0 saturated heterocycles. The smallest absolute Gasteiger partial charge is 0.269 e. The maximum absolute atomic E-state index is 12.4. The second-order valence-corrected chi connectivity index (χ2v) is 6.80. The van der Waals surface area contributed by atoms with Crippen molar-refractivity contribution in [3.63, 3.8) is 0 Å². The van der Waals surface area contributed by atoms with Crippen LogP contribution in [0.15, 0.2) is 30.3 Å². The molecule has 144 valence electrons. The Morgan fingerprint density at radius 3 is 2.70 bits per heavy atom. The average molecular weight is 371 g/mol. The SMILES string of the molecule is COc1cccc(CNC(=O)C2CCC(NC(=O)c3cc(N)n[nH]3)CC2)c1.